The SMILES string of the molecule is CCN1CCN(C(=O)c2nc(C(=O)N3CCCC3)n3ccccc23)CC1. The highest BCUT2D eigenvalue weighted by Gasteiger charge is 2.29. The zero-order chi connectivity index (χ0) is 18.1. The summed E-state index contributed by atoms with van der Waals surface area (Å²) in [6.07, 6.45) is 3.88. The maximum Gasteiger partial charge on any atom is 0.290 e. The molecule has 0 N–H and O–H groups in total. The van der Waals surface area contributed by atoms with Crippen LogP contribution in [0.15, 0.2) is 24.4 Å². The van der Waals surface area contributed by atoms with Crippen molar-refractivity contribution < 1.29 is 9.59 Å². The fourth-order valence-corrected chi connectivity index (χ4v) is 3.82. The lowest BCUT2D eigenvalue weighted by Gasteiger charge is -2.33. The molecule has 2 aromatic heterocycles. The van der Waals surface area contributed by atoms with Gasteiger partial charge in [0.05, 0.1) is 5.52 Å². The van der Waals surface area contributed by atoms with Crippen molar-refractivity contribution in [1.29, 1.82) is 0 Å². The lowest BCUT2D eigenvalue weighted by molar-refractivity contribution is 0.0640. The topological polar surface area (TPSA) is 61.2 Å². The minimum absolute atomic E-state index is 0.0788. The van der Waals surface area contributed by atoms with Crippen molar-refractivity contribution >= 4 is 17.3 Å². The summed E-state index contributed by atoms with van der Waals surface area (Å²) in [6, 6.07) is 5.61. The molecule has 0 saturated carbocycles. The smallest absolute Gasteiger partial charge is 0.290 e. The summed E-state index contributed by atoms with van der Waals surface area (Å²) in [5, 5.41) is 0. The second-order valence-electron chi connectivity index (χ2n) is 6.97. The minimum Gasteiger partial charge on any atom is -0.336 e. The molecule has 4 heterocycles. The Labute approximate surface area is 153 Å². The lowest BCUT2D eigenvalue weighted by Crippen LogP contribution is -2.48. The highest BCUT2D eigenvalue weighted by atomic mass is 16.2. The molecule has 0 aromatic carbocycles. The second kappa shape index (κ2) is 7.07. The fourth-order valence-electron chi connectivity index (χ4n) is 3.82. The van der Waals surface area contributed by atoms with Crippen molar-refractivity contribution in [3.63, 3.8) is 0 Å². The van der Waals surface area contributed by atoms with E-state index in [1.807, 2.05) is 34.2 Å². The van der Waals surface area contributed by atoms with E-state index in [-0.39, 0.29) is 11.8 Å². The van der Waals surface area contributed by atoms with Crippen LogP contribution in [0.5, 0.6) is 0 Å². The molecule has 2 aliphatic heterocycles. The highest BCUT2D eigenvalue weighted by Crippen LogP contribution is 2.19. The van der Waals surface area contributed by atoms with Gasteiger partial charge in [-0.15, -0.1) is 0 Å². The number of hydrogen-bond acceptors (Lipinski definition) is 4. The molecule has 0 atom stereocenters. The Balaban J connectivity index is 1.65. The first kappa shape index (κ1) is 17.0. The van der Waals surface area contributed by atoms with Gasteiger partial charge in [0.1, 0.15) is 0 Å². The summed E-state index contributed by atoms with van der Waals surface area (Å²) < 4.78 is 1.76. The molecule has 2 amide bonds. The third kappa shape index (κ3) is 2.96. The van der Waals surface area contributed by atoms with Crippen LogP contribution in [0.2, 0.25) is 0 Å². The Morgan fingerprint density at radius 2 is 1.65 bits per heavy atom. The van der Waals surface area contributed by atoms with Crippen LogP contribution >= 0.6 is 0 Å². The largest absolute Gasteiger partial charge is 0.336 e. The van der Waals surface area contributed by atoms with Gasteiger partial charge in [0.25, 0.3) is 11.8 Å². The van der Waals surface area contributed by atoms with E-state index in [0.717, 1.165) is 45.6 Å². The van der Waals surface area contributed by atoms with Crippen LogP contribution in [0, 0.1) is 0 Å². The molecule has 0 bridgehead atoms. The molecule has 2 aromatic rings. The number of nitrogens with zero attached hydrogens (tertiary/aromatic N) is 5. The highest BCUT2D eigenvalue weighted by molar-refractivity contribution is 6.02. The zero-order valence-electron chi connectivity index (χ0n) is 15.2. The van der Waals surface area contributed by atoms with Crippen molar-refractivity contribution in [3.8, 4) is 0 Å². The Morgan fingerprint density at radius 3 is 2.35 bits per heavy atom. The molecule has 2 aliphatic rings. The van der Waals surface area contributed by atoms with Gasteiger partial charge in [0, 0.05) is 45.5 Å². The number of carbonyl (C=O) groups excluding carboxylic acids is 2. The van der Waals surface area contributed by atoms with E-state index in [1.165, 1.54) is 0 Å². The van der Waals surface area contributed by atoms with E-state index in [1.54, 1.807) is 4.40 Å². The number of hydrogen-bond donors (Lipinski definition) is 0. The number of pyridine rings is 1. The minimum atomic E-state index is -0.0847. The van der Waals surface area contributed by atoms with Gasteiger partial charge in [-0.2, -0.15) is 0 Å². The number of likely N-dealkylation sites (N-methyl/N-ethyl adjacent to an activating group) is 1. The molecule has 138 valence electrons. The van der Waals surface area contributed by atoms with E-state index >= 15 is 0 Å². The quantitative estimate of drug-likeness (QED) is 0.834. The van der Waals surface area contributed by atoms with E-state index in [2.05, 4.69) is 16.8 Å². The molecule has 0 spiro atoms. The number of fused-ring (bicyclic) bond motifs is 1. The average Bonchev–Trinajstić information content (AvgIpc) is 3.35. The maximum absolute atomic E-state index is 13.1. The number of aromatic nitrogens is 2. The van der Waals surface area contributed by atoms with Gasteiger partial charge in [-0.1, -0.05) is 13.0 Å². The molecule has 4 rings (SSSR count). The number of rotatable bonds is 3. The number of amides is 2. The molecule has 2 saturated heterocycles. The van der Waals surface area contributed by atoms with Crippen LogP contribution in [-0.4, -0.2) is 81.7 Å². The Kier molecular flexibility index (Phi) is 4.63. The van der Waals surface area contributed by atoms with E-state index in [0.29, 0.717) is 30.1 Å². The second-order valence-corrected chi connectivity index (χ2v) is 6.97. The van der Waals surface area contributed by atoms with Crippen molar-refractivity contribution in [2.45, 2.75) is 19.8 Å². The maximum atomic E-state index is 13.1. The summed E-state index contributed by atoms with van der Waals surface area (Å²) >= 11 is 0. The van der Waals surface area contributed by atoms with Gasteiger partial charge in [-0.3, -0.25) is 14.0 Å². The number of imidazole rings is 1. The van der Waals surface area contributed by atoms with Crippen LogP contribution in [0.4, 0.5) is 0 Å². The van der Waals surface area contributed by atoms with Gasteiger partial charge in [-0.05, 0) is 31.5 Å². The third-order valence-electron chi connectivity index (χ3n) is 5.44. The van der Waals surface area contributed by atoms with Gasteiger partial charge >= 0.3 is 0 Å². The van der Waals surface area contributed by atoms with Gasteiger partial charge < -0.3 is 14.7 Å². The molecule has 0 radical (unpaired) electrons. The predicted molar refractivity (Wildman–Crippen MR) is 98.3 cm³/mol. The van der Waals surface area contributed by atoms with E-state index < -0.39 is 0 Å². The number of carbonyl (C=O) groups is 2. The normalized spacial score (nSPS) is 18.7. The number of likely N-dealkylation sites (tertiary alicyclic amines) is 1. The Bertz CT molecular complexity index is 816. The van der Waals surface area contributed by atoms with E-state index in [9.17, 15) is 9.59 Å². The first-order valence-corrected chi connectivity index (χ1v) is 9.47. The fraction of sp³-hybridized carbons (Fsp3) is 0.526. The first-order valence-electron chi connectivity index (χ1n) is 9.47. The predicted octanol–water partition coefficient (Wildman–Crippen LogP) is 1.35. The van der Waals surface area contributed by atoms with Crippen LogP contribution in [0.1, 0.15) is 40.9 Å². The summed E-state index contributed by atoms with van der Waals surface area (Å²) in [6.45, 7) is 7.84. The molecule has 7 nitrogen and oxygen atoms in total. The van der Waals surface area contributed by atoms with Gasteiger partial charge in [0.2, 0.25) is 5.82 Å². The van der Waals surface area contributed by atoms with Crippen molar-refractivity contribution in [3.05, 3.63) is 35.9 Å². The molecule has 0 unspecified atom stereocenters. The Morgan fingerprint density at radius 1 is 0.962 bits per heavy atom. The molecule has 26 heavy (non-hydrogen) atoms. The molecule has 2 fully saturated rings. The average molecular weight is 355 g/mol. The van der Waals surface area contributed by atoms with Crippen molar-refractivity contribution in [2.75, 3.05) is 45.8 Å². The van der Waals surface area contributed by atoms with Crippen molar-refractivity contribution in [2.24, 2.45) is 0 Å². The number of piperazine rings is 1. The monoisotopic (exact) mass is 355 g/mol. The van der Waals surface area contributed by atoms with Crippen LogP contribution < -0.4 is 0 Å². The van der Waals surface area contributed by atoms with Crippen LogP contribution in [0.25, 0.3) is 5.52 Å². The molecular weight excluding hydrogens is 330 g/mol. The van der Waals surface area contributed by atoms with Crippen LogP contribution in [0.3, 0.4) is 0 Å². The van der Waals surface area contributed by atoms with Gasteiger partial charge in [-0.25, -0.2) is 4.98 Å². The van der Waals surface area contributed by atoms with Crippen molar-refractivity contribution in [1.82, 2.24) is 24.1 Å². The lowest BCUT2D eigenvalue weighted by atomic mass is 10.2. The molecule has 0 aliphatic carbocycles. The van der Waals surface area contributed by atoms with E-state index in [4.69, 9.17) is 0 Å². The van der Waals surface area contributed by atoms with Gasteiger partial charge in [0.15, 0.2) is 5.69 Å². The standard InChI is InChI=1S/C19H25N5O2/c1-2-21-11-13-23(14-12-21)18(25)16-15-7-3-4-10-24(15)17(20-16)19(26)22-8-5-6-9-22/h3-4,7,10H,2,5-6,8-9,11-14H2,1H3. The summed E-state index contributed by atoms with van der Waals surface area (Å²) in [5.41, 5.74) is 1.09. The summed E-state index contributed by atoms with van der Waals surface area (Å²) in [7, 11) is 0. The molecular formula is C19H25N5O2. The zero-order valence-corrected chi connectivity index (χ0v) is 15.2. The first-order chi connectivity index (χ1) is 12.7. The summed E-state index contributed by atoms with van der Waals surface area (Å²) in [5.74, 6) is 0.182. The Hall–Kier alpha value is -2.41. The summed E-state index contributed by atoms with van der Waals surface area (Å²) in [4.78, 5) is 36.5. The third-order valence-corrected chi connectivity index (χ3v) is 5.44. The van der Waals surface area contributed by atoms with Crippen LogP contribution in [-0.2, 0) is 0 Å². The molecule has 7 heteroatoms.